The van der Waals surface area contributed by atoms with Gasteiger partial charge in [-0.3, -0.25) is 4.79 Å². The quantitative estimate of drug-likeness (QED) is 0.876. The van der Waals surface area contributed by atoms with Gasteiger partial charge in [-0.05, 0) is 36.2 Å². The highest BCUT2D eigenvalue weighted by Gasteiger charge is 2.21. The fourth-order valence-corrected chi connectivity index (χ4v) is 2.47. The molecular weight excluding hydrogens is 269 g/mol. The predicted molar refractivity (Wildman–Crippen MR) is 80.9 cm³/mol. The Balaban J connectivity index is 2.37. The van der Waals surface area contributed by atoms with Crippen molar-refractivity contribution in [2.24, 2.45) is 0 Å². The number of rotatable bonds is 6. The standard InChI is InChI=1S/C17H18FNO2/c1-2-16(13-8-10-14(18)11-9-13)19(12-17(20)21)15-6-4-3-5-7-15/h3-11,16H,2,12H2,1H3,(H,20,21). The van der Waals surface area contributed by atoms with Gasteiger partial charge in [0.25, 0.3) is 0 Å². The number of anilines is 1. The fourth-order valence-electron chi connectivity index (χ4n) is 2.47. The molecule has 2 rings (SSSR count). The Kier molecular flexibility index (Phi) is 4.93. The molecule has 0 bridgehead atoms. The Labute approximate surface area is 123 Å². The van der Waals surface area contributed by atoms with E-state index >= 15 is 0 Å². The van der Waals surface area contributed by atoms with E-state index in [1.54, 1.807) is 12.1 Å². The summed E-state index contributed by atoms with van der Waals surface area (Å²) >= 11 is 0. The summed E-state index contributed by atoms with van der Waals surface area (Å²) in [6, 6.07) is 15.5. The van der Waals surface area contributed by atoms with Crippen molar-refractivity contribution >= 4 is 11.7 Å². The van der Waals surface area contributed by atoms with Crippen molar-refractivity contribution in [1.82, 2.24) is 0 Å². The second kappa shape index (κ2) is 6.88. The zero-order chi connectivity index (χ0) is 15.2. The Morgan fingerprint density at radius 3 is 2.29 bits per heavy atom. The summed E-state index contributed by atoms with van der Waals surface area (Å²) in [5, 5.41) is 9.18. The molecule has 1 N–H and O–H groups in total. The van der Waals surface area contributed by atoms with Gasteiger partial charge in [-0.2, -0.15) is 0 Å². The number of para-hydroxylation sites is 1. The smallest absolute Gasteiger partial charge is 0.323 e. The van der Waals surface area contributed by atoms with Gasteiger partial charge in [0.05, 0.1) is 6.04 Å². The van der Waals surface area contributed by atoms with E-state index in [1.165, 1.54) is 12.1 Å². The SMILES string of the molecule is CCC(c1ccc(F)cc1)N(CC(=O)O)c1ccccc1. The van der Waals surface area contributed by atoms with E-state index in [9.17, 15) is 14.3 Å². The summed E-state index contributed by atoms with van der Waals surface area (Å²) in [7, 11) is 0. The van der Waals surface area contributed by atoms with Crippen LogP contribution >= 0.6 is 0 Å². The molecule has 0 saturated carbocycles. The summed E-state index contributed by atoms with van der Waals surface area (Å²) in [4.78, 5) is 13.0. The van der Waals surface area contributed by atoms with Crippen LogP contribution in [0.3, 0.4) is 0 Å². The van der Waals surface area contributed by atoms with Gasteiger partial charge < -0.3 is 10.0 Å². The van der Waals surface area contributed by atoms with Crippen LogP contribution in [0.15, 0.2) is 54.6 Å². The normalized spacial score (nSPS) is 11.9. The molecule has 0 aliphatic rings. The summed E-state index contributed by atoms with van der Waals surface area (Å²) in [6.45, 7) is 1.89. The maximum absolute atomic E-state index is 13.1. The van der Waals surface area contributed by atoms with Crippen LogP contribution in [-0.4, -0.2) is 17.6 Å². The van der Waals surface area contributed by atoms with Crippen molar-refractivity contribution in [3.63, 3.8) is 0 Å². The molecule has 0 amide bonds. The molecule has 110 valence electrons. The lowest BCUT2D eigenvalue weighted by Crippen LogP contribution is -2.33. The minimum atomic E-state index is -0.889. The molecule has 1 unspecified atom stereocenters. The summed E-state index contributed by atoms with van der Waals surface area (Å²) in [6.07, 6.45) is 0.730. The summed E-state index contributed by atoms with van der Waals surface area (Å²) < 4.78 is 13.1. The molecular formula is C17H18FNO2. The molecule has 0 aliphatic carbocycles. The molecule has 0 heterocycles. The number of hydrogen-bond acceptors (Lipinski definition) is 2. The van der Waals surface area contributed by atoms with Crippen molar-refractivity contribution < 1.29 is 14.3 Å². The lowest BCUT2D eigenvalue weighted by molar-refractivity contribution is -0.135. The molecule has 0 radical (unpaired) electrons. The van der Waals surface area contributed by atoms with Gasteiger partial charge in [-0.25, -0.2) is 4.39 Å². The second-order valence-corrected chi connectivity index (χ2v) is 4.83. The molecule has 2 aromatic rings. The number of carbonyl (C=O) groups is 1. The van der Waals surface area contributed by atoms with Crippen molar-refractivity contribution in [3.8, 4) is 0 Å². The van der Waals surface area contributed by atoms with Gasteiger partial charge >= 0.3 is 5.97 Å². The van der Waals surface area contributed by atoms with E-state index < -0.39 is 5.97 Å². The average molecular weight is 287 g/mol. The predicted octanol–water partition coefficient (Wildman–Crippen LogP) is 3.87. The summed E-state index contributed by atoms with van der Waals surface area (Å²) in [5.74, 6) is -1.18. The number of carboxylic acids is 1. The number of hydrogen-bond donors (Lipinski definition) is 1. The Morgan fingerprint density at radius 1 is 1.14 bits per heavy atom. The minimum Gasteiger partial charge on any atom is -0.480 e. The van der Waals surface area contributed by atoms with Gasteiger partial charge in [0.15, 0.2) is 0 Å². The van der Waals surface area contributed by atoms with E-state index in [4.69, 9.17) is 0 Å². The second-order valence-electron chi connectivity index (χ2n) is 4.83. The van der Waals surface area contributed by atoms with Gasteiger partial charge in [0.2, 0.25) is 0 Å². The highest BCUT2D eigenvalue weighted by molar-refractivity contribution is 5.74. The average Bonchev–Trinajstić information content (AvgIpc) is 2.49. The van der Waals surface area contributed by atoms with Crippen LogP contribution in [0.1, 0.15) is 24.9 Å². The number of aliphatic carboxylic acids is 1. The number of benzene rings is 2. The molecule has 1 atom stereocenters. The van der Waals surface area contributed by atoms with E-state index in [2.05, 4.69) is 0 Å². The molecule has 3 nitrogen and oxygen atoms in total. The zero-order valence-corrected chi connectivity index (χ0v) is 11.9. The first kappa shape index (κ1) is 15.0. The topological polar surface area (TPSA) is 40.5 Å². The summed E-state index contributed by atoms with van der Waals surface area (Å²) in [5.41, 5.74) is 1.75. The Morgan fingerprint density at radius 2 is 1.76 bits per heavy atom. The Bertz CT molecular complexity index is 583. The maximum Gasteiger partial charge on any atom is 0.323 e. The third kappa shape index (κ3) is 3.81. The van der Waals surface area contributed by atoms with Crippen molar-refractivity contribution in [3.05, 3.63) is 66.0 Å². The van der Waals surface area contributed by atoms with Crippen LogP contribution in [0.5, 0.6) is 0 Å². The third-order valence-corrected chi connectivity index (χ3v) is 3.41. The monoisotopic (exact) mass is 287 g/mol. The van der Waals surface area contributed by atoms with Crippen LogP contribution in [0.25, 0.3) is 0 Å². The minimum absolute atomic E-state index is 0.0973. The van der Waals surface area contributed by atoms with Crippen LogP contribution in [0, 0.1) is 5.82 Å². The first-order chi connectivity index (χ1) is 10.1. The van der Waals surface area contributed by atoms with Crippen LogP contribution in [-0.2, 0) is 4.79 Å². The van der Waals surface area contributed by atoms with E-state index in [0.717, 1.165) is 17.7 Å². The first-order valence-corrected chi connectivity index (χ1v) is 6.90. The Hall–Kier alpha value is -2.36. The van der Waals surface area contributed by atoms with Gasteiger partial charge in [0, 0.05) is 5.69 Å². The number of carboxylic acid groups (broad SMARTS) is 1. The third-order valence-electron chi connectivity index (χ3n) is 3.41. The van der Waals surface area contributed by atoms with Gasteiger partial charge in [-0.1, -0.05) is 37.3 Å². The molecule has 2 aromatic carbocycles. The molecule has 0 aromatic heterocycles. The largest absolute Gasteiger partial charge is 0.480 e. The van der Waals surface area contributed by atoms with Crippen molar-refractivity contribution in [2.75, 3.05) is 11.4 Å². The van der Waals surface area contributed by atoms with Gasteiger partial charge in [-0.15, -0.1) is 0 Å². The molecule has 0 aliphatic heterocycles. The van der Waals surface area contributed by atoms with Crippen molar-refractivity contribution in [2.45, 2.75) is 19.4 Å². The first-order valence-electron chi connectivity index (χ1n) is 6.90. The lowest BCUT2D eigenvalue weighted by atomic mass is 10.0. The fraction of sp³-hybridized carbons (Fsp3) is 0.235. The van der Waals surface area contributed by atoms with Gasteiger partial charge in [0.1, 0.15) is 12.4 Å². The van der Waals surface area contributed by atoms with Crippen LogP contribution in [0.4, 0.5) is 10.1 Å². The van der Waals surface area contributed by atoms with E-state index in [-0.39, 0.29) is 18.4 Å². The molecule has 0 spiro atoms. The highest BCUT2D eigenvalue weighted by Crippen LogP contribution is 2.29. The molecule has 0 fully saturated rings. The molecule has 0 saturated heterocycles. The van der Waals surface area contributed by atoms with Crippen molar-refractivity contribution in [1.29, 1.82) is 0 Å². The molecule has 4 heteroatoms. The number of halogens is 1. The highest BCUT2D eigenvalue weighted by atomic mass is 19.1. The van der Waals surface area contributed by atoms with Crippen LogP contribution in [0.2, 0.25) is 0 Å². The molecule has 21 heavy (non-hydrogen) atoms. The van der Waals surface area contributed by atoms with E-state index in [1.807, 2.05) is 42.2 Å². The lowest BCUT2D eigenvalue weighted by Gasteiger charge is -2.32. The van der Waals surface area contributed by atoms with Crippen LogP contribution < -0.4 is 4.90 Å². The maximum atomic E-state index is 13.1. The number of nitrogens with zero attached hydrogens (tertiary/aromatic N) is 1. The zero-order valence-electron chi connectivity index (χ0n) is 11.9. The van der Waals surface area contributed by atoms with E-state index in [0.29, 0.717) is 0 Å².